The number of hydrogen-bond acceptors (Lipinski definition) is 8. The summed E-state index contributed by atoms with van der Waals surface area (Å²) in [6.07, 6.45) is 3.21. The third kappa shape index (κ3) is 4.64. The number of carbonyl (C=O) groups excluding carboxylic acids is 2. The van der Waals surface area contributed by atoms with Gasteiger partial charge >= 0.3 is 11.9 Å². The Bertz CT molecular complexity index is 1440. The summed E-state index contributed by atoms with van der Waals surface area (Å²) in [5.74, 6) is -0.560. The SMILES string of the molecule is C=CCOC(=O)C1=C(C)N=c2s/c(=C\c3cccc(OC(C)=O)c3)c(=O)n2C1c1cccs1. The number of nitrogens with zero attached hydrogens (tertiary/aromatic N) is 2. The third-order valence-corrected chi connectivity index (χ3v) is 6.71. The molecular weight excluding hydrogens is 460 g/mol. The van der Waals surface area contributed by atoms with E-state index in [1.54, 1.807) is 31.2 Å². The van der Waals surface area contributed by atoms with Crippen LogP contribution in [0.15, 0.2) is 75.5 Å². The van der Waals surface area contributed by atoms with Crippen molar-refractivity contribution in [3.8, 4) is 5.75 Å². The third-order valence-electron chi connectivity index (χ3n) is 4.80. The minimum Gasteiger partial charge on any atom is -0.458 e. The Kier molecular flexibility index (Phi) is 6.52. The van der Waals surface area contributed by atoms with Crippen molar-refractivity contribution in [3.63, 3.8) is 0 Å². The van der Waals surface area contributed by atoms with E-state index in [-0.39, 0.29) is 12.2 Å². The first-order valence-electron chi connectivity index (χ1n) is 10.0. The summed E-state index contributed by atoms with van der Waals surface area (Å²) >= 11 is 2.69. The molecule has 1 unspecified atom stereocenters. The first-order valence-corrected chi connectivity index (χ1v) is 11.7. The van der Waals surface area contributed by atoms with Crippen LogP contribution in [-0.2, 0) is 14.3 Å². The van der Waals surface area contributed by atoms with E-state index in [2.05, 4.69) is 11.6 Å². The second-order valence-electron chi connectivity index (χ2n) is 7.15. The van der Waals surface area contributed by atoms with E-state index in [1.165, 1.54) is 40.2 Å². The Hall–Kier alpha value is -3.56. The fourth-order valence-corrected chi connectivity index (χ4v) is 5.37. The second-order valence-corrected chi connectivity index (χ2v) is 9.14. The summed E-state index contributed by atoms with van der Waals surface area (Å²) in [7, 11) is 0. The first kappa shape index (κ1) is 22.6. The minimum absolute atomic E-state index is 0.0653. The Morgan fingerprint density at radius 1 is 1.27 bits per heavy atom. The van der Waals surface area contributed by atoms with Gasteiger partial charge < -0.3 is 9.47 Å². The number of aromatic nitrogens is 1. The van der Waals surface area contributed by atoms with Crippen LogP contribution in [0.5, 0.6) is 5.75 Å². The Labute approximate surface area is 197 Å². The second kappa shape index (κ2) is 9.51. The lowest BCUT2D eigenvalue weighted by molar-refractivity contribution is -0.138. The highest BCUT2D eigenvalue weighted by atomic mass is 32.1. The van der Waals surface area contributed by atoms with E-state index in [1.807, 2.05) is 23.6 Å². The van der Waals surface area contributed by atoms with Crippen molar-refractivity contribution >= 4 is 40.7 Å². The van der Waals surface area contributed by atoms with Gasteiger partial charge in [0.1, 0.15) is 18.4 Å². The number of thiazole rings is 1. The zero-order valence-corrected chi connectivity index (χ0v) is 19.6. The van der Waals surface area contributed by atoms with Crippen LogP contribution < -0.4 is 19.6 Å². The average Bonchev–Trinajstić information content (AvgIpc) is 3.40. The van der Waals surface area contributed by atoms with E-state index < -0.39 is 18.0 Å². The van der Waals surface area contributed by atoms with Gasteiger partial charge in [-0.25, -0.2) is 9.79 Å². The van der Waals surface area contributed by atoms with Crippen LogP contribution in [0.3, 0.4) is 0 Å². The molecular formula is C24H20N2O5S2. The molecule has 168 valence electrons. The van der Waals surface area contributed by atoms with Crippen LogP contribution in [0.4, 0.5) is 0 Å². The van der Waals surface area contributed by atoms with Crippen LogP contribution in [0.25, 0.3) is 6.08 Å². The number of esters is 2. The molecule has 0 amide bonds. The van der Waals surface area contributed by atoms with Gasteiger partial charge in [0.25, 0.3) is 5.56 Å². The summed E-state index contributed by atoms with van der Waals surface area (Å²) in [4.78, 5) is 43.5. The Morgan fingerprint density at radius 2 is 2.09 bits per heavy atom. The Morgan fingerprint density at radius 3 is 2.79 bits per heavy atom. The predicted octanol–water partition coefficient (Wildman–Crippen LogP) is 2.95. The van der Waals surface area contributed by atoms with Gasteiger partial charge in [-0.2, -0.15) is 0 Å². The molecule has 33 heavy (non-hydrogen) atoms. The maximum Gasteiger partial charge on any atom is 0.338 e. The molecule has 1 aliphatic heterocycles. The van der Waals surface area contributed by atoms with E-state index in [0.717, 1.165) is 4.88 Å². The van der Waals surface area contributed by atoms with Crippen molar-refractivity contribution in [2.45, 2.75) is 19.9 Å². The van der Waals surface area contributed by atoms with Gasteiger partial charge in [-0.05, 0) is 42.1 Å². The van der Waals surface area contributed by atoms with Gasteiger partial charge in [-0.1, -0.05) is 42.2 Å². The Balaban J connectivity index is 1.86. The number of rotatable bonds is 6. The zero-order chi connectivity index (χ0) is 23.5. The summed E-state index contributed by atoms with van der Waals surface area (Å²) < 4.78 is 12.4. The zero-order valence-electron chi connectivity index (χ0n) is 17.9. The summed E-state index contributed by atoms with van der Waals surface area (Å²) in [5.41, 5.74) is 1.27. The molecule has 4 rings (SSSR count). The van der Waals surface area contributed by atoms with E-state index >= 15 is 0 Å². The molecule has 7 nitrogen and oxygen atoms in total. The largest absolute Gasteiger partial charge is 0.458 e. The maximum atomic E-state index is 13.5. The van der Waals surface area contributed by atoms with Gasteiger partial charge in [-0.15, -0.1) is 11.3 Å². The number of fused-ring (bicyclic) bond motifs is 1. The quantitative estimate of drug-likeness (QED) is 0.308. The molecule has 0 saturated heterocycles. The molecule has 1 aliphatic rings. The van der Waals surface area contributed by atoms with Gasteiger partial charge in [0.15, 0.2) is 4.80 Å². The maximum absolute atomic E-state index is 13.5. The van der Waals surface area contributed by atoms with Crippen molar-refractivity contribution < 1.29 is 19.1 Å². The lowest BCUT2D eigenvalue weighted by atomic mass is 10.0. The van der Waals surface area contributed by atoms with Crippen molar-refractivity contribution in [1.29, 1.82) is 0 Å². The van der Waals surface area contributed by atoms with Crippen molar-refractivity contribution in [2.24, 2.45) is 4.99 Å². The fourth-order valence-electron chi connectivity index (χ4n) is 3.50. The van der Waals surface area contributed by atoms with Crippen LogP contribution in [0.1, 0.15) is 30.3 Å². The molecule has 3 heterocycles. The number of ether oxygens (including phenoxy) is 2. The van der Waals surface area contributed by atoms with Crippen LogP contribution in [-0.4, -0.2) is 23.1 Å². The van der Waals surface area contributed by atoms with Crippen molar-refractivity contribution in [3.05, 3.63) is 95.8 Å². The topological polar surface area (TPSA) is 87.0 Å². The van der Waals surface area contributed by atoms with E-state index in [0.29, 0.717) is 31.9 Å². The van der Waals surface area contributed by atoms with Crippen LogP contribution >= 0.6 is 22.7 Å². The lowest BCUT2D eigenvalue weighted by Crippen LogP contribution is -2.39. The molecule has 0 bridgehead atoms. The van der Waals surface area contributed by atoms with Gasteiger partial charge in [-0.3, -0.25) is 14.2 Å². The number of hydrogen-bond donors (Lipinski definition) is 0. The standard InChI is InChI=1S/C24H20N2O5S2/c1-4-10-30-23(29)20-14(2)25-24-26(21(20)18-9-6-11-32-18)22(28)19(33-24)13-16-7-5-8-17(12-16)31-15(3)27/h4-9,11-13,21H,1,10H2,2-3H3/b19-13-. The smallest absolute Gasteiger partial charge is 0.338 e. The van der Waals surface area contributed by atoms with E-state index in [4.69, 9.17) is 9.47 Å². The summed E-state index contributed by atoms with van der Waals surface area (Å²) in [6.45, 7) is 6.72. The molecule has 9 heteroatoms. The van der Waals surface area contributed by atoms with Gasteiger partial charge in [0.2, 0.25) is 0 Å². The monoisotopic (exact) mass is 480 g/mol. The molecule has 0 saturated carbocycles. The highest BCUT2D eigenvalue weighted by Crippen LogP contribution is 2.33. The van der Waals surface area contributed by atoms with Gasteiger partial charge in [0.05, 0.1) is 15.8 Å². The fraction of sp³-hybridized carbons (Fsp3) is 0.167. The number of carbonyl (C=O) groups is 2. The lowest BCUT2D eigenvalue weighted by Gasteiger charge is -2.23. The number of benzene rings is 1. The molecule has 1 atom stereocenters. The molecule has 0 spiro atoms. The molecule has 3 aromatic rings. The molecule has 0 fully saturated rings. The summed E-state index contributed by atoms with van der Waals surface area (Å²) in [6, 6.07) is 10.0. The molecule has 1 aromatic carbocycles. The van der Waals surface area contributed by atoms with Gasteiger partial charge in [0, 0.05) is 11.8 Å². The molecule has 0 radical (unpaired) electrons. The predicted molar refractivity (Wildman–Crippen MR) is 127 cm³/mol. The number of allylic oxidation sites excluding steroid dienone is 1. The highest BCUT2D eigenvalue weighted by molar-refractivity contribution is 7.10. The number of thiophene rings is 1. The van der Waals surface area contributed by atoms with E-state index in [9.17, 15) is 14.4 Å². The van der Waals surface area contributed by atoms with Crippen LogP contribution in [0.2, 0.25) is 0 Å². The highest BCUT2D eigenvalue weighted by Gasteiger charge is 2.33. The first-order chi connectivity index (χ1) is 15.9. The average molecular weight is 481 g/mol. The molecule has 0 aliphatic carbocycles. The minimum atomic E-state index is -0.631. The molecule has 0 N–H and O–H groups in total. The van der Waals surface area contributed by atoms with Crippen LogP contribution in [0, 0.1) is 0 Å². The molecule has 2 aromatic heterocycles. The van der Waals surface area contributed by atoms with Crippen molar-refractivity contribution in [1.82, 2.24) is 4.57 Å². The van der Waals surface area contributed by atoms with Crippen molar-refractivity contribution in [2.75, 3.05) is 6.61 Å². The normalized spacial score (nSPS) is 15.6. The summed E-state index contributed by atoms with van der Waals surface area (Å²) in [5, 5.41) is 1.90.